The second-order valence-electron chi connectivity index (χ2n) is 2.81. The predicted octanol–water partition coefficient (Wildman–Crippen LogP) is -1.21. The van der Waals surface area contributed by atoms with Gasteiger partial charge in [0.1, 0.15) is 0 Å². The van der Waals surface area contributed by atoms with E-state index < -0.39 is 10.2 Å². The Labute approximate surface area is 73.1 Å². The molecule has 72 valence electrons. The highest BCUT2D eigenvalue weighted by atomic mass is 32.2. The second kappa shape index (κ2) is 4.18. The molecule has 0 aromatic carbocycles. The molecule has 1 saturated heterocycles. The second-order valence-corrected chi connectivity index (χ2v) is 4.34. The minimum atomic E-state index is -3.26. The van der Waals surface area contributed by atoms with Crippen LogP contribution < -0.4 is 14.8 Å². The zero-order valence-electron chi connectivity index (χ0n) is 7.13. The minimum absolute atomic E-state index is 0.0500. The van der Waals surface area contributed by atoms with Gasteiger partial charge in [-0.25, -0.2) is 4.72 Å². The first-order valence-electron chi connectivity index (χ1n) is 4.11. The van der Waals surface area contributed by atoms with Crippen LogP contribution in [0.25, 0.3) is 0 Å². The van der Waals surface area contributed by atoms with E-state index in [9.17, 15) is 8.42 Å². The Hall–Kier alpha value is -0.170. The lowest BCUT2D eigenvalue weighted by Gasteiger charge is -2.11. The molecule has 5 nitrogen and oxygen atoms in total. The van der Waals surface area contributed by atoms with Crippen molar-refractivity contribution in [2.24, 2.45) is 0 Å². The molecule has 1 aliphatic heterocycles. The molecule has 0 aromatic rings. The Morgan fingerprint density at radius 2 is 2.33 bits per heavy atom. The van der Waals surface area contributed by atoms with Crippen molar-refractivity contribution in [3.05, 3.63) is 0 Å². The first-order valence-corrected chi connectivity index (χ1v) is 5.60. The zero-order valence-corrected chi connectivity index (χ0v) is 7.95. The highest BCUT2D eigenvalue weighted by Gasteiger charge is 2.19. The van der Waals surface area contributed by atoms with Crippen LogP contribution in [0.5, 0.6) is 0 Å². The maximum atomic E-state index is 11.1. The van der Waals surface area contributed by atoms with Gasteiger partial charge >= 0.3 is 0 Å². The van der Waals surface area contributed by atoms with Crippen LogP contribution >= 0.6 is 0 Å². The van der Waals surface area contributed by atoms with E-state index in [-0.39, 0.29) is 6.04 Å². The Morgan fingerprint density at radius 3 is 2.83 bits per heavy atom. The van der Waals surface area contributed by atoms with Crippen molar-refractivity contribution >= 4 is 10.2 Å². The molecule has 0 aromatic heterocycles. The lowest BCUT2D eigenvalue weighted by atomic mass is 10.3. The quantitative estimate of drug-likeness (QED) is 0.525. The van der Waals surface area contributed by atoms with Gasteiger partial charge in [-0.15, -0.1) is 0 Å². The smallest absolute Gasteiger partial charge is 0.277 e. The SMILES string of the molecule is CCNS(=O)(=O)N[C@@H]1CCNC1. The summed E-state index contributed by atoms with van der Waals surface area (Å²) in [6.45, 7) is 3.80. The molecule has 0 aliphatic carbocycles. The summed E-state index contributed by atoms with van der Waals surface area (Å²) < 4.78 is 27.2. The summed E-state index contributed by atoms with van der Waals surface area (Å²) in [5.74, 6) is 0. The largest absolute Gasteiger partial charge is 0.315 e. The third-order valence-electron chi connectivity index (χ3n) is 1.72. The van der Waals surface area contributed by atoms with Gasteiger partial charge in [0.15, 0.2) is 0 Å². The van der Waals surface area contributed by atoms with E-state index in [1.807, 2.05) is 0 Å². The van der Waals surface area contributed by atoms with Crippen LogP contribution in [0.2, 0.25) is 0 Å². The van der Waals surface area contributed by atoms with Crippen LogP contribution in [-0.4, -0.2) is 34.1 Å². The Kier molecular flexibility index (Phi) is 3.45. The van der Waals surface area contributed by atoms with Crippen molar-refractivity contribution in [3.8, 4) is 0 Å². The van der Waals surface area contributed by atoms with E-state index in [1.54, 1.807) is 6.92 Å². The molecule has 3 N–H and O–H groups in total. The van der Waals surface area contributed by atoms with E-state index in [0.29, 0.717) is 6.54 Å². The minimum Gasteiger partial charge on any atom is -0.315 e. The fraction of sp³-hybridized carbons (Fsp3) is 1.00. The summed E-state index contributed by atoms with van der Waals surface area (Å²) in [6.07, 6.45) is 0.866. The molecule has 0 bridgehead atoms. The van der Waals surface area contributed by atoms with Gasteiger partial charge in [0.25, 0.3) is 10.2 Å². The summed E-state index contributed by atoms with van der Waals surface area (Å²) in [5, 5.41) is 3.08. The maximum absolute atomic E-state index is 11.1. The molecule has 1 atom stereocenters. The summed E-state index contributed by atoms with van der Waals surface area (Å²) in [5.41, 5.74) is 0. The molecule has 0 unspecified atom stereocenters. The third kappa shape index (κ3) is 3.06. The van der Waals surface area contributed by atoms with Gasteiger partial charge in [-0.1, -0.05) is 6.92 Å². The van der Waals surface area contributed by atoms with Gasteiger partial charge in [-0.2, -0.15) is 13.1 Å². The Morgan fingerprint density at radius 1 is 1.58 bits per heavy atom. The average Bonchev–Trinajstić information content (AvgIpc) is 2.38. The molecule has 0 saturated carbocycles. The average molecular weight is 193 g/mol. The molecule has 0 amide bonds. The van der Waals surface area contributed by atoms with Gasteiger partial charge in [0.05, 0.1) is 0 Å². The van der Waals surface area contributed by atoms with Crippen LogP contribution in [0.3, 0.4) is 0 Å². The van der Waals surface area contributed by atoms with Gasteiger partial charge in [0, 0.05) is 19.1 Å². The van der Waals surface area contributed by atoms with Crippen molar-refractivity contribution < 1.29 is 8.42 Å². The Balaban J connectivity index is 2.38. The molecule has 1 rings (SSSR count). The van der Waals surface area contributed by atoms with Crippen molar-refractivity contribution in [2.45, 2.75) is 19.4 Å². The molecule has 6 heteroatoms. The summed E-state index contributed by atoms with van der Waals surface area (Å²) >= 11 is 0. The molecular weight excluding hydrogens is 178 g/mol. The highest BCUT2D eigenvalue weighted by Crippen LogP contribution is 1.97. The molecule has 12 heavy (non-hydrogen) atoms. The number of hydrogen-bond acceptors (Lipinski definition) is 3. The van der Waals surface area contributed by atoms with Crippen molar-refractivity contribution in [1.29, 1.82) is 0 Å². The van der Waals surface area contributed by atoms with Gasteiger partial charge in [-0.3, -0.25) is 0 Å². The van der Waals surface area contributed by atoms with E-state index in [4.69, 9.17) is 0 Å². The predicted molar refractivity (Wildman–Crippen MR) is 47.0 cm³/mol. The molecule has 0 radical (unpaired) electrons. The monoisotopic (exact) mass is 193 g/mol. The van der Waals surface area contributed by atoms with Gasteiger partial charge in [0.2, 0.25) is 0 Å². The van der Waals surface area contributed by atoms with Gasteiger partial charge in [-0.05, 0) is 13.0 Å². The first-order chi connectivity index (χ1) is 5.64. The lowest BCUT2D eigenvalue weighted by Crippen LogP contribution is -2.43. The van der Waals surface area contributed by atoms with Crippen LogP contribution in [0.1, 0.15) is 13.3 Å². The molecule has 1 heterocycles. The summed E-state index contributed by atoms with van der Waals surface area (Å²) in [6, 6.07) is 0.0500. The standard InChI is InChI=1S/C6H15N3O2S/c1-2-8-12(10,11)9-6-3-4-7-5-6/h6-9H,2-5H2,1H3/t6-/m1/s1. The van der Waals surface area contributed by atoms with Crippen LogP contribution in [0, 0.1) is 0 Å². The fourth-order valence-corrected chi connectivity index (χ4v) is 2.31. The van der Waals surface area contributed by atoms with Crippen LogP contribution in [0.15, 0.2) is 0 Å². The van der Waals surface area contributed by atoms with Gasteiger partial charge < -0.3 is 5.32 Å². The topological polar surface area (TPSA) is 70.2 Å². The van der Waals surface area contributed by atoms with E-state index in [1.165, 1.54) is 0 Å². The first kappa shape index (κ1) is 9.91. The van der Waals surface area contributed by atoms with E-state index in [2.05, 4.69) is 14.8 Å². The van der Waals surface area contributed by atoms with Crippen molar-refractivity contribution in [1.82, 2.24) is 14.8 Å². The molecular formula is C6H15N3O2S. The number of rotatable bonds is 4. The van der Waals surface area contributed by atoms with E-state index in [0.717, 1.165) is 19.5 Å². The maximum Gasteiger partial charge on any atom is 0.277 e. The Bertz CT molecular complexity index is 221. The molecule has 1 fully saturated rings. The normalized spacial score (nSPS) is 24.6. The zero-order chi connectivity index (χ0) is 9.03. The third-order valence-corrected chi connectivity index (χ3v) is 3.03. The lowest BCUT2D eigenvalue weighted by molar-refractivity contribution is 0.548. The highest BCUT2D eigenvalue weighted by molar-refractivity contribution is 7.87. The van der Waals surface area contributed by atoms with Crippen molar-refractivity contribution in [2.75, 3.05) is 19.6 Å². The summed E-state index contributed by atoms with van der Waals surface area (Å²) in [7, 11) is -3.26. The number of nitrogens with one attached hydrogen (secondary N) is 3. The molecule has 0 spiro atoms. The number of hydrogen-bond donors (Lipinski definition) is 3. The van der Waals surface area contributed by atoms with Crippen LogP contribution in [-0.2, 0) is 10.2 Å². The summed E-state index contributed by atoms with van der Waals surface area (Å²) in [4.78, 5) is 0. The fourth-order valence-electron chi connectivity index (χ4n) is 1.21. The van der Waals surface area contributed by atoms with Crippen molar-refractivity contribution in [3.63, 3.8) is 0 Å². The van der Waals surface area contributed by atoms with E-state index >= 15 is 0 Å². The van der Waals surface area contributed by atoms with Crippen LogP contribution in [0.4, 0.5) is 0 Å². The molecule has 1 aliphatic rings.